The van der Waals surface area contributed by atoms with Gasteiger partial charge in [0.25, 0.3) is 0 Å². The number of aryl methyl sites for hydroxylation is 2. The molecular weight excluding hydrogens is 286 g/mol. The third-order valence-corrected chi connectivity index (χ3v) is 4.19. The fraction of sp³-hybridized carbons (Fsp3) is 0.400. The van der Waals surface area contributed by atoms with Gasteiger partial charge in [0.1, 0.15) is 5.75 Å². The van der Waals surface area contributed by atoms with Crippen molar-refractivity contribution in [3.63, 3.8) is 0 Å². The van der Waals surface area contributed by atoms with Crippen molar-refractivity contribution in [2.45, 2.75) is 32.7 Å². The average Bonchev–Trinajstić information content (AvgIpc) is 2.55. The number of hydrogen-bond donors (Lipinski definition) is 2. The molecule has 3 nitrogen and oxygen atoms in total. The van der Waals surface area contributed by atoms with Gasteiger partial charge in [0.15, 0.2) is 0 Å². The van der Waals surface area contributed by atoms with Gasteiger partial charge in [-0.2, -0.15) is 0 Å². The van der Waals surface area contributed by atoms with Gasteiger partial charge in [-0.25, -0.2) is 0 Å². The first-order valence-electron chi connectivity index (χ1n) is 8.16. The second-order valence-corrected chi connectivity index (χ2v) is 6.01. The van der Waals surface area contributed by atoms with Crippen molar-refractivity contribution in [3.05, 3.63) is 64.7 Å². The first-order chi connectivity index (χ1) is 11.2. The number of hydrogen-bond acceptors (Lipinski definition) is 3. The number of aliphatic hydroxyl groups is 1. The van der Waals surface area contributed by atoms with E-state index < -0.39 is 0 Å². The van der Waals surface area contributed by atoms with E-state index in [0.717, 1.165) is 25.3 Å². The van der Waals surface area contributed by atoms with Crippen molar-refractivity contribution in [1.29, 1.82) is 0 Å². The van der Waals surface area contributed by atoms with E-state index in [1.54, 1.807) is 7.11 Å². The van der Waals surface area contributed by atoms with Crippen LogP contribution in [0.1, 0.15) is 34.6 Å². The smallest absolute Gasteiger partial charge is 0.124 e. The van der Waals surface area contributed by atoms with Gasteiger partial charge in [-0.1, -0.05) is 42.5 Å². The molecule has 0 saturated heterocycles. The minimum atomic E-state index is 0.210. The summed E-state index contributed by atoms with van der Waals surface area (Å²) in [6, 6.07) is 14.7. The highest BCUT2D eigenvalue weighted by Crippen LogP contribution is 2.24. The summed E-state index contributed by atoms with van der Waals surface area (Å²) in [5, 5.41) is 12.8. The Bertz CT molecular complexity index is 587. The van der Waals surface area contributed by atoms with Crippen LogP contribution >= 0.6 is 0 Å². The summed E-state index contributed by atoms with van der Waals surface area (Å²) in [5.41, 5.74) is 4.87. The van der Waals surface area contributed by atoms with E-state index in [0.29, 0.717) is 5.92 Å². The second kappa shape index (κ2) is 8.70. The van der Waals surface area contributed by atoms with Crippen LogP contribution in [0.4, 0.5) is 0 Å². The number of methoxy groups -OCH3 is 1. The first-order valence-corrected chi connectivity index (χ1v) is 8.16. The molecule has 0 aliphatic rings. The Labute approximate surface area is 139 Å². The lowest BCUT2D eigenvalue weighted by molar-refractivity contribution is 0.273. The molecule has 0 fully saturated rings. The van der Waals surface area contributed by atoms with E-state index in [9.17, 15) is 5.11 Å². The molecule has 3 heteroatoms. The minimum absolute atomic E-state index is 0.210. The fourth-order valence-electron chi connectivity index (χ4n) is 3.12. The molecule has 23 heavy (non-hydrogen) atoms. The lowest BCUT2D eigenvalue weighted by Crippen LogP contribution is -2.22. The lowest BCUT2D eigenvalue weighted by Gasteiger charge is -2.18. The maximum absolute atomic E-state index is 9.30. The Morgan fingerprint density at radius 3 is 2.30 bits per heavy atom. The van der Waals surface area contributed by atoms with Gasteiger partial charge in [-0.05, 0) is 48.4 Å². The molecule has 124 valence electrons. The van der Waals surface area contributed by atoms with Crippen molar-refractivity contribution in [2.75, 3.05) is 20.3 Å². The zero-order valence-corrected chi connectivity index (χ0v) is 14.3. The maximum Gasteiger partial charge on any atom is 0.124 e. The van der Waals surface area contributed by atoms with E-state index in [-0.39, 0.29) is 6.61 Å². The number of aliphatic hydroxyl groups excluding tert-OH is 1. The summed E-state index contributed by atoms with van der Waals surface area (Å²) in [6.07, 6.45) is 0.775. The standard InChI is InChI=1S/C20H27NO2/c1-15-11-17(12-16(2)20(15)23-3)13-21-14-19(9-10-22)18-7-5-4-6-8-18/h4-8,11-12,19,21-22H,9-10,13-14H2,1-3H3. The highest BCUT2D eigenvalue weighted by Gasteiger charge is 2.11. The van der Waals surface area contributed by atoms with Crippen molar-refractivity contribution in [1.82, 2.24) is 5.32 Å². The highest BCUT2D eigenvalue weighted by molar-refractivity contribution is 5.43. The second-order valence-electron chi connectivity index (χ2n) is 6.01. The summed E-state index contributed by atoms with van der Waals surface area (Å²) in [6.45, 7) is 6.04. The predicted octanol–water partition coefficient (Wildman–Crippen LogP) is 3.57. The van der Waals surface area contributed by atoms with Crippen LogP contribution in [0.25, 0.3) is 0 Å². The van der Waals surface area contributed by atoms with Gasteiger partial charge in [-0.15, -0.1) is 0 Å². The predicted molar refractivity (Wildman–Crippen MR) is 95.1 cm³/mol. The SMILES string of the molecule is COc1c(C)cc(CNCC(CCO)c2ccccc2)cc1C. The van der Waals surface area contributed by atoms with Crippen LogP contribution in [-0.2, 0) is 6.54 Å². The lowest BCUT2D eigenvalue weighted by atomic mass is 9.96. The largest absolute Gasteiger partial charge is 0.496 e. The monoisotopic (exact) mass is 313 g/mol. The molecule has 0 heterocycles. The molecule has 0 aliphatic carbocycles. The Hall–Kier alpha value is -1.84. The molecular formula is C20H27NO2. The summed E-state index contributed by atoms with van der Waals surface area (Å²) in [4.78, 5) is 0. The number of benzene rings is 2. The summed E-state index contributed by atoms with van der Waals surface area (Å²) in [5.74, 6) is 1.30. The van der Waals surface area contributed by atoms with Gasteiger partial charge >= 0.3 is 0 Å². The number of rotatable bonds is 8. The molecule has 0 aromatic heterocycles. The summed E-state index contributed by atoms with van der Waals surface area (Å²) in [7, 11) is 1.71. The molecule has 0 amide bonds. The van der Waals surface area contributed by atoms with Crippen LogP contribution < -0.4 is 10.1 Å². The summed E-state index contributed by atoms with van der Waals surface area (Å²) < 4.78 is 5.42. The Kier molecular flexibility index (Phi) is 6.63. The van der Waals surface area contributed by atoms with E-state index in [1.807, 2.05) is 6.07 Å². The maximum atomic E-state index is 9.30. The highest BCUT2D eigenvalue weighted by atomic mass is 16.5. The summed E-state index contributed by atoms with van der Waals surface area (Å²) >= 11 is 0. The van der Waals surface area contributed by atoms with E-state index in [1.165, 1.54) is 22.3 Å². The van der Waals surface area contributed by atoms with E-state index >= 15 is 0 Å². The zero-order valence-electron chi connectivity index (χ0n) is 14.3. The van der Waals surface area contributed by atoms with Crippen LogP contribution in [0.3, 0.4) is 0 Å². The van der Waals surface area contributed by atoms with Gasteiger partial charge < -0.3 is 15.2 Å². The molecule has 0 radical (unpaired) electrons. The minimum Gasteiger partial charge on any atom is -0.496 e. The molecule has 1 unspecified atom stereocenters. The third kappa shape index (κ3) is 4.81. The van der Waals surface area contributed by atoms with Crippen LogP contribution in [0.15, 0.2) is 42.5 Å². The van der Waals surface area contributed by atoms with Crippen LogP contribution in [-0.4, -0.2) is 25.4 Å². The van der Waals surface area contributed by atoms with Gasteiger partial charge in [-0.3, -0.25) is 0 Å². The van der Waals surface area contributed by atoms with Crippen molar-refractivity contribution < 1.29 is 9.84 Å². The fourth-order valence-corrected chi connectivity index (χ4v) is 3.12. The molecule has 0 bridgehead atoms. The molecule has 1 atom stereocenters. The zero-order chi connectivity index (χ0) is 16.7. The van der Waals surface area contributed by atoms with Gasteiger partial charge in [0.2, 0.25) is 0 Å². The molecule has 2 aromatic carbocycles. The Balaban J connectivity index is 1.97. The first kappa shape index (κ1) is 17.5. The van der Waals surface area contributed by atoms with E-state index in [2.05, 4.69) is 55.6 Å². The topological polar surface area (TPSA) is 41.5 Å². The average molecular weight is 313 g/mol. The van der Waals surface area contributed by atoms with Crippen LogP contribution in [0.2, 0.25) is 0 Å². The Morgan fingerprint density at radius 1 is 1.09 bits per heavy atom. The molecule has 0 aliphatic heterocycles. The number of nitrogens with one attached hydrogen (secondary N) is 1. The van der Waals surface area contributed by atoms with Gasteiger partial charge in [0, 0.05) is 19.7 Å². The van der Waals surface area contributed by atoms with Crippen LogP contribution in [0.5, 0.6) is 5.75 Å². The third-order valence-electron chi connectivity index (χ3n) is 4.19. The van der Waals surface area contributed by atoms with Crippen LogP contribution in [0, 0.1) is 13.8 Å². The molecule has 2 rings (SSSR count). The van der Waals surface area contributed by atoms with E-state index in [4.69, 9.17) is 4.74 Å². The Morgan fingerprint density at radius 2 is 1.74 bits per heavy atom. The molecule has 2 aromatic rings. The number of ether oxygens (including phenoxy) is 1. The normalized spacial score (nSPS) is 12.2. The van der Waals surface area contributed by atoms with Crippen molar-refractivity contribution in [2.24, 2.45) is 0 Å². The van der Waals surface area contributed by atoms with Gasteiger partial charge in [0.05, 0.1) is 7.11 Å². The van der Waals surface area contributed by atoms with Crippen molar-refractivity contribution >= 4 is 0 Å². The molecule has 0 saturated carbocycles. The molecule has 2 N–H and O–H groups in total. The quantitative estimate of drug-likeness (QED) is 0.783. The van der Waals surface area contributed by atoms with Crippen molar-refractivity contribution in [3.8, 4) is 5.75 Å². The molecule has 0 spiro atoms.